The number of aromatic nitrogens is 1. The van der Waals surface area contributed by atoms with E-state index in [-0.39, 0.29) is 17.2 Å². The van der Waals surface area contributed by atoms with E-state index in [1.807, 2.05) is 32.9 Å². The van der Waals surface area contributed by atoms with Crippen LogP contribution in [-0.2, 0) is 14.8 Å². The first-order chi connectivity index (χ1) is 13.1. The highest BCUT2D eigenvalue weighted by Crippen LogP contribution is 2.30. The number of benzene rings is 1. The number of carbonyl (C=O) groups is 1. The summed E-state index contributed by atoms with van der Waals surface area (Å²) in [5.41, 5.74) is 3.17. The molecule has 2 aromatic rings. The molecule has 3 rings (SSSR count). The Balaban J connectivity index is 1.80. The van der Waals surface area contributed by atoms with E-state index in [0.29, 0.717) is 30.8 Å². The number of aryl methyl sites for hydroxylation is 4. The van der Waals surface area contributed by atoms with E-state index in [1.54, 1.807) is 13.8 Å². The summed E-state index contributed by atoms with van der Waals surface area (Å²) in [4.78, 5) is 12.9. The fraction of sp³-hybridized carbons (Fsp3) is 0.500. The lowest BCUT2D eigenvalue weighted by Gasteiger charge is -2.30. The van der Waals surface area contributed by atoms with Crippen molar-refractivity contribution in [1.29, 1.82) is 0 Å². The van der Waals surface area contributed by atoms with Crippen LogP contribution in [-0.4, -0.2) is 36.9 Å². The van der Waals surface area contributed by atoms with Crippen LogP contribution in [0.5, 0.6) is 5.75 Å². The van der Waals surface area contributed by atoms with Crippen molar-refractivity contribution in [3.05, 3.63) is 40.3 Å². The van der Waals surface area contributed by atoms with Crippen molar-refractivity contribution in [2.24, 2.45) is 5.92 Å². The van der Waals surface area contributed by atoms with E-state index in [0.717, 1.165) is 16.7 Å². The van der Waals surface area contributed by atoms with Gasteiger partial charge in [0.2, 0.25) is 10.0 Å². The Morgan fingerprint density at radius 3 is 2.50 bits per heavy atom. The molecule has 28 heavy (non-hydrogen) atoms. The number of hydrogen-bond donors (Lipinski definition) is 0. The minimum Gasteiger partial charge on any atom is -0.426 e. The fourth-order valence-electron chi connectivity index (χ4n) is 3.59. The zero-order chi connectivity index (χ0) is 20.6. The van der Waals surface area contributed by atoms with Gasteiger partial charge >= 0.3 is 5.97 Å². The van der Waals surface area contributed by atoms with Gasteiger partial charge in [0.05, 0.1) is 5.92 Å². The minimum absolute atomic E-state index is 0.0897. The molecule has 0 bridgehead atoms. The Morgan fingerprint density at radius 1 is 1.18 bits per heavy atom. The Bertz CT molecular complexity index is 990. The summed E-state index contributed by atoms with van der Waals surface area (Å²) in [5.74, 6) is -0.0808. The first-order valence-electron chi connectivity index (χ1n) is 9.34. The molecule has 1 aliphatic heterocycles. The molecule has 1 saturated heterocycles. The van der Waals surface area contributed by atoms with Crippen molar-refractivity contribution in [2.45, 2.75) is 52.4 Å². The van der Waals surface area contributed by atoms with Crippen LogP contribution >= 0.6 is 0 Å². The average Bonchev–Trinajstić information content (AvgIpc) is 3.01. The molecule has 0 aliphatic carbocycles. The third-order valence-corrected chi connectivity index (χ3v) is 7.47. The van der Waals surface area contributed by atoms with E-state index < -0.39 is 21.9 Å². The number of nitrogens with zero attached hydrogens (tertiary/aromatic N) is 2. The van der Waals surface area contributed by atoms with Gasteiger partial charge in [-0.2, -0.15) is 4.31 Å². The van der Waals surface area contributed by atoms with Crippen molar-refractivity contribution in [1.82, 2.24) is 9.46 Å². The second-order valence-electron chi connectivity index (χ2n) is 7.43. The maximum atomic E-state index is 13.0. The van der Waals surface area contributed by atoms with Gasteiger partial charge in [0.1, 0.15) is 16.3 Å². The minimum atomic E-state index is -3.77. The van der Waals surface area contributed by atoms with E-state index in [9.17, 15) is 13.2 Å². The van der Waals surface area contributed by atoms with Crippen molar-refractivity contribution >= 4 is 16.0 Å². The van der Waals surface area contributed by atoms with Gasteiger partial charge in [-0.1, -0.05) is 17.3 Å². The average molecular weight is 407 g/mol. The van der Waals surface area contributed by atoms with Crippen LogP contribution in [0.25, 0.3) is 0 Å². The number of ether oxygens (including phenoxy) is 1. The number of hydrogen-bond acceptors (Lipinski definition) is 6. The zero-order valence-corrected chi connectivity index (χ0v) is 17.7. The fourth-order valence-corrected chi connectivity index (χ4v) is 5.41. The van der Waals surface area contributed by atoms with Crippen LogP contribution in [0.3, 0.4) is 0 Å². The molecular formula is C20H26N2O5S. The summed E-state index contributed by atoms with van der Waals surface area (Å²) in [6, 6.07) is 3.90. The topological polar surface area (TPSA) is 89.7 Å². The standard InChI is InChI=1S/C20H26N2O5S/c1-12-8-9-13(2)18(14(12)3)26-20(23)17-7-6-10-22(11-17)28(24,25)19-15(4)21-27-16(19)5/h8-9,17H,6-7,10-11H2,1-5H3. The monoisotopic (exact) mass is 406 g/mol. The normalized spacial score (nSPS) is 18.2. The maximum absolute atomic E-state index is 13.0. The summed E-state index contributed by atoms with van der Waals surface area (Å²) in [6.45, 7) is 9.40. The largest absolute Gasteiger partial charge is 0.426 e. The van der Waals surface area contributed by atoms with Gasteiger partial charge in [-0.25, -0.2) is 8.42 Å². The second kappa shape index (κ2) is 7.67. The van der Waals surface area contributed by atoms with Gasteiger partial charge < -0.3 is 9.26 Å². The maximum Gasteiger partial charge on any atom is 0.315 e. The molecule has 0 N–H and O–H groups in total. The van der Waals surface area contributed by atoms with E-state index in [2.05, 4.69) is 5.16 Å². The molecule has 1 aromatic carbocycles. The van der Waals surface area contributed by atoms with E-state index in [4.69, 9.17) is 9.26 Å². The molecule has 1 aliphatic rings. The van der Waals surface area contributed by atoms with E-state index in [1.165, 1.54) is 4.31 Å². The molecule has 0 saturated carbocycles. The lowest BCUT2D eigenvalue weighted by Crippen LogP contribution is -2.43. The Labute approximate surface area is 165 Å². The van der Waals surface area contributed by atoms with Gasteiger partial charge in [0.25, 0.3) is 0 Å². The van der Waals surface area contributed by atoms with Crippen LogP contribution < -0.4 is 4.74 Å². The Morgan fingerprint density at radius 2 is 1.86 bits per heavy atom. The molecular weight excluding hydrogens is 380 g/mol. The van der Waals surface area contributed by atoms with Crippen LogP contribution in [0.2, 0.25) is 0 Å². The Hall–Kier alpha value is -2.19. The molecule has 1 fully saturated rings. The highest BCUT2D eigenvalue weighted by atomic mass is 32.2. The number of esters is 1. The zero-order valence-electron chi connectivity index (χ0n) is 16.9. The summed E-state index contributed by atoms with van der Waals surface area (Å²) < 4.78 is 38.1. The van der Waals surface area contributed by atoms with Gasteiger partial charge in [-0.3, -0.25) is 4.79 Å². The molecule has 0 amide bonds. The number of piperidine rings is 1. The molecule has 0 radical (unpaired) electrons. The lowest BCUT2D eigenvalue weighted by atomic mass is 9.99. The Kier molecular flexibility index (Phi) is 5.63. The highest BCUT2D eigenvalue weighted by molar-refractivity contribution is 7.89. The molecule has 8 heteroatoms. The van der Waals surface area contributed by atoms with Crippen molar-refractivity contribution in [2.75, 3.05) is 13.1 Å². The quantitative estimate of drug-likeness (QED) is 0.572. The molecule has 0 spiro atoms. The van der Waals surface area contributed by atoms with Crippen LogP contribution in [0, 0.1) is 40.5 Å². The smallest absolute Gasteiger partial charge is 0.315 e. The van der Waals surface area contributed by atoms with Gasteiger partial charge in [-0.15, -0.1) is 0 Å². The van der Waals surface area contributed by atoms with Crippen molar-refractivity contribution in [3.8, 4) is 5.75 Å². The molecule has 1 aromatic heterocycles. The van der Waals surface area contributed by atoms with Gasteiger partial charge in [0, 0.05) is 13.1 Å². The predicted octanol–water partition coefficient (Wildman–Crippen LogP) is 3.22. The number of rotatable bonds is 4. The van der Waals surface area contributed by atoms with Crippen molar-refractivity contribution < 1.29 is 22.5 Å². The third kappa shape index (κ3) is 3.71. The number of carbonyl (C=O) groups excluding carboxylic acids is 1. The summed E-state index contributed by atoms with van der Waals surface area (Å²) in [6.07, 6.45) is 1.19. The first kappa shape index (κ1) is 20.5. The lowest BCUT2D eigenvalue weighted by molar-refractivity contribution is -0.140. The summed E-state index contributed by atoms with van der Waals surface area (Å²) in [5, 5.41) is 3.74. The van der Waals surface area contributed by atoms with Crippen LogP contribution in [0.15, 0.2) is 21.6 Å². The predicted molar refractivity (Wildman–Crippen MR) is 104 cm³/mol. The van der Waals surface area contributed by atoms with Gasteiger partial charge in [-0.05, 0) is 64.2 Å². The van der Waals surface area contributed by atoms with Crippen LogP contribution in [0.1, 0.15) is 41.0 Å². The van der Waals surface area contributed by atoms with Gasteiger partial charge in [0.15, 0.2) is 5.76 Å². The van der Waals surface area contributed by atoms with E-state index >= 15 is 0 Å². The first-order valence-corrected chi connectivity index (χ1v) is 10.8. The highest BCUT2D eigenvalue weighted by Gasteiger charge is 2.37. The molecule has 1 atom stereocenters. The molecule has 7 nitrogen and oxygen atoms in total. The molecule has 2 heterocycles. The van der Waals surface area contributed by atoms with Crippen molar-refractivity contribution in [3.63, 3.8) is 0 Å². The molecule has 1 unspecified atom stereocenters. The second-order valence-corrected chi connectivity index (χ2v) is 9.30. The van der Waals surface area contributed by atoms with Crippen LogP contribution in [0.4, 0.5) is 0 Å². The summed E-state index contributed by atoms with van der Waals surface area (Å²) in [7, 11) is -3.77. The SMILES string of the molecule is Cc1ccc(C)c(OC(=O)C2CCCN(S(=O)(=O)c3c(C)noc3C)C2)c1C. The molecule has 152 valence electrons. The summed E-state index contributed by atoms with van der Waals surface area (Å²) >= 11 is 0. The number of sulfonamides is 1. The third-order valence-electron chi connectivity index (χ3n) is 5.36.